The number of fused-ring (bicyclic) bond motifs is 2. The van der Waals surface area contributed by atoms with Crippen molar-refractivity contribution in [2.75, 3.05) is 59.6 Å². The fourth-order valence-corrected chi connectivity index (χ4v) is 4.90. The Hall–Kier alpha value is -3.65. The summed E-state index contributed by atoms with van der Waals surface area (Å²) in [5.74, 6) is 0.657. The van der Waals surface area contributed by atoms with Gasteiger partial charge in [0.1, 0.15) is 53.5 Å². The van der Waals surface area contributed by atoms with E-state index in [4.69, 9.17) is 30.1 Å². The predicted molar refractivity (Wildman–Crippen MR) is 181 cm³/mol. The Morgan fingerprint density at radius 2 is 1.35 bits per heavy atom. The lowest BCUT2D eigenvalue weighted by molar-refractivity contribution is 0.105. The molecule has 0 aliphatic rings. The predicted octanol–water partition coefficient (Wildman–Crippen LogP) is 2.25. The molecule has 2 atom stereocenters. The van der Waals surface area contributed by atoms with E-state index in [2.05, 4.69) is 10.6 Å². The van der Waals surface area contributed by atoms with E-state index in [1.165, 1.54) is 7.11 Å². The molecule has 254 valence electrons. The van der Waals surface area contributed by atoms with Gasteiger partial charge in [0.2, 0.25) is 5.43 Å². The van der Waals surface area contributed by atoms with Crippen molar-refractivity contribution in [3.8, 4) is 23.0 Å². The average Bonchev–Trinajstić information content (AvgIpc) is 3.00. The Labute approximate surface area is 270 Å². The summed E-state index contributed by atoms with van der Waals surface area (Å²) in [6, 6.07) is 3.13. The zero-order valence-corrected chi connectivity index (χ0v) is 27.6. The van der Waals surface area contributed by atoms with Gasteiger partial charge in [-0.3, -0.25) is 4.79 Å². The third-order valence-corrected chi connectivity index (χ3v) is 7.21. The molecule has 1 heterocycles. The van der Waals surface area contributed by atoms with Crippen LogP contribution in [0.5, 0.6) is 23.0 Å². The third kappa shape index (κ3) is 9.68. The molecule has 2 aromatic carbocycles. The van der Waals surface area contributed by atoms with E-state index in [1.54, 1.807) is 12.1 Å². The largest absolute Gasteiger partial charge is 0.507 e. The number of nitrogens with one attached hydrogen (secondary N) is 2. The third-order valence-electron chi connectivity index (χ3n) is 7.21. The standard InChI is InChI=1S/C34H50N4O8/c1-20(2)6-8-24-26(44-18-22(39)16-37-12-10-35)14-28-31(32(24)41)33(42)30-25(9-7-21(3)4)34(43-5)29(15-27(30)46-28)45-19-23(40)17-38-13-11-36/h6-7,14-15,22-23,37-41H,8-13,16-19,35-36H2,1-5H3. The highest BCUT2D eigenvalue weighted by Gasteiger charge is 2.25. The number of hydrogen-bond acceptors (Lipinski definition) is 12. The van der Waals surface area contributed by atoms with Gasteiger partial charge in [0.05, 0.1) is 12.5 Å². The van der Waals surface area contributed by atoms with Crippen LogP contribution in [0.15, 0.2) is 44.6 Å². The molecule has 0 fully saturated rings. The number of nitrogens with two attached hydrogens (primary N) is 2. The van der Waals surface area contributed by atoms with Gasteiger partial charge < -0.3 is 56.0 Å². The molecular weight excluding hydrogens is 592 g/mol. The Balaban J connectivity index is 2.21. The van der Waals surface area contributed by atoms with Crippen LogP contribution in [-0.4, -0.2) is 87.1 Å². The van der Waals surface area contributed by atoms with Gasteiger partial charge in [-0.05, 0) is 40.5 Å². The normalized spacial score (nSPS) is 12.6. The fraction of sp³-hybridized carbons (Fsp3) is 0.500. The van der Waals surface area contributed by atoms with E-state index in [0.717, 1.165) is 11.1 Å². The molecule has 0 bridgehead atoms. The van der Waals surface area contributed by atoms with Crippen LogP contribution in [0, 0.1) is 0 Å². The molecule has 3 rings (SSSR count). The molecule has 9 N–H and O–H groups in total. The number of benzene rings is 2. The Morgan fingerprint density at radius 1 is 0.848 bits per heavy atom. The summed E-state index contributed by atoms with van der Waals surface area (Å²) in [4.78, 5) is 14.3. The maximum Gasteiger partial charge on any atom is 0.204 e. The smallest absolute Gasteiger partial charge is 0.204 e. The highest BCUT2D eigenvalue weighted by molar-refractivity contribution is 5.98. The molecule has 0 radical (unpaired) electrons. The number of hydrogen-bond donors (Lipinski definition) is 7. The minimum atomic E-state index is -0.838. The van der Waals surface area contributed by atoms with Crippen molar-refractivity contribution in [3.63, 3.8) is 0 Å². The lowest BCUT2D eigenvalue weighted by Gasteiger charge is -2.19. The Morgan fingerprint density at radius 3 is 1.87 bits per heavy atom. The van der Waals surface area contributed by atoms with Crippen molar-refractivity contribution < 1.29 is 33.9 Å². The van der Waals surface area contributed by atoms with Crippen LogP contribution < -0.4 is 41.7 Å². The number of aromatic hydroxyl groups is 1. The van der Waals surface area contributed by atoms with Crippen LogP contribution in [0.2, 0.25) is 0 Å². The molecule has 0 saturated heterocycles. The quantitative estimate of drug-likeness (QED) is 0.0574. The Bertz CT molecular complexity index is 1580. The highest BCUT2D eigenvalue weighted by Crippen LogP contribution is 2.41. The van der Waals surface area contributed by atoms with Crippen LogP contribution in [0.4, 0.5) is 0 Å². The van der Waals surface area contributed by atoms with E-state index in [0.29, 0.717) is 61.6 Å². The van der Waals surface area contributed by atoms with Gasteiger partial charge in [-0.1, -0.05) is 23.3 Å². The molecule has 0 amide bonds. The number of methoxy groups -OCH3 is 1. The van der Waals surface area contributed by atoms with E-state index >= 15 is 0 Å². The van der Waals surface area contributed by atoms with Gasteiger partial charge in [-0.15, -0.1) is 0 Å². The zero-order valence-electron chi connectivity index (χ0n) is 27.6. The first-order valence-electron chi connectivity index (χ1n) is 15.6. The maximum absolute atomic E-state index is 14.3. The number of ether oxygens (including phenoxy) is 3. The summed E-state index contributed by atoms with van der Waals surface area (Å²) in [5.41, 5.74) is 13.9. The van der Waals surface area contributed by atoms with Crippen LogP contribution in [0.1, 0.15) is 38.8 Å². The monoisotopic (exact) mass is 642 g/mol. The molecular formula is C34H50N4O8. The van der Waals surface area contributed by atoms with Gasteiger partial charge in [-0.2, -0.15) is 0 Å². The summed E-state index contributed by atoms with van der Waals surface area (Å²) in [7, 11) is 1.49. The minimum Gasteiger partial charge on any atom is -0.507 e. The molecule has 0 spiro atoms. The van der Waals surface area contributed by atoms with Crippen LogP contribution in [0.3, 0.4) is 0 Å². The van der Waals surface area contributed by atoms with E-state index in [-0.39, 0.29) is 59.7 Å². The number of phenols is 1. The van der Waals surface area contributed by atoms with E-state index in [9.17, 15) is 20.1 Å². The van der Waals surface area contributed by atoms with Gasteiger partial charge in [0, 0.05) is 62.5 Å². The molecule has 12 nitrogen and oxygen atoms in total. The maximum atomic E-state index is 14.3. The minimum absolute atomic E-state index is 0.0118. The average molecular weight is 643 g/mol. The molecule has 12 heteroatoms. The second-order valence-electron chi connectivity index (χ2n) is 11.7. The van der Waals surface area contributed by atoms with E-state index in [1.807, 2.05) is 39.8 Å². The number of phenolic OH excluding ortho intramolecular Hbond substituents is 1. The number of aliphatic hydroxyl groups excluding tert-OH is 2. The lowest BCUT2D eigenvalue weighted by atomic mass is 9.98. The summed E-state index contributed by atoms with van der Waals surface area (Å²) in [6.07, 6.45) is 2.84. The topological polar surface area (TPSA) is 195 Å². The lowest BCUT2D eigenvalue weighted by Crippen LogP contribution is -2.34. The van der Waals surface area contributed by atoms with Gasteiger partial charge >= 0.3 is 0 Å². The number of allylic oxidation sites excluding steroid dienone is 4. The second-order valence-corrected chi connectivity index (χ2v) is 11.7. The van der Waals surface area contributed by atoms with Crippen molar-refractivity contribution in [2.24, 2.45) is 11.5 Å². The summed E-state index contributed by atoms with van der Waals surface area (Å²) in [6.45, 7) is 10.2. The molecule has 0 aliphatic heterocycles. The van der Waals surface area contributed by atoms with Crippen molar-refractivity contribution in [2.45, 2.75) is 52.7 Å². The summed E-state index contributed by atoms with van der Waals surface area (Å²) < 4.78 is 24.1. The zero-order chi connectivity index (χ0) is 33.8. The molecule has 46 heavy (non-hydrogen) atoms. The summed E-state index contributed by atoms with van der Waals surface area (Å²) in [5, 5.41) is 38.8. The first-order chi connectivity index (χ1) is 22.0. The molecule has 0 aliphatic carbocycles. The first-order valence-corrected chi connectivity index (χ1v) is 15.6. The molecule has 0 saturated carbocycles. The van der Waals surface area contributed by atoms with Gasteiger partial charge in [0.25, 0.3) is 0 Å². The Kier molecular flexibility index (Phi) is 14.3. The van der Waals surface area contributed by atoms with Gasteiger partial charge in [-0.25, -0.2) is 0 Å². The number of aliphatic hydroxyl groups is 2. The second kappa shape index (κ2) is 17.9. The fourth-order valence-electron chi connectivity index (χ4n) is 4.90. The molecule has 3 aromatic rings. The van der Waals surface area contributed by atoms with Crippen LogP contribution in [0.25, 0.3) is 21.9 Å². The van der Waals surface area contributed by atoms with Crippen molar-refractivity contribution in [1.82, 2.24) is 10.6 Å². The van der Waals surface area contributed by atoms with Crippen molar-refractivity contribution >= 4 is 21.9 Å². The van der Waals surface area contributed by atoms with Crippen molar-refractivity contribution in [1.29, 1.82) is 0 Å². The van der Waals surface area contributed by atoms with Crippen molar-refractivity contribution in [3.05, 3.63) is 56.8 Å². The summed E-state index contributed by atoms with van der Waals surface area (Å²) >= 11 is 0. The van der Waals surface area contributed by atoms with Crippen LogP contribution >= 0.6 is 0 Å². The number of rotatable bonds is 19. The van der Waals surface area contributed by atoms with E-state index < -0.39 is 17.6 Å². The highest BCUT2D eigenvalue weighted by atomic mass is 16.5. The SMILES string of the molecule is COc1c(OCC(O)CNCCN)cc2oc3cc(OCC(O)CNCCN)c(CC=C(C)C)c(O)c3c(=O)c2c1CC=C(C)C. The first kappa shape index (κ1) is 36.8. The molecule has 2 unspecified atom stereocenters. The van der Waals surface area contributed by atoms with Gasteiger partial charge in [0.15, 0.2) is 11.5 Å². The van der Waals surface area contributed by atoms with Crippen LogP contribution in [-0.2, 0) is 12.8 Å². The molecule has 1 aromatic heterocycles.